The van der Waals surface area contributed by atoms with Crippen LogP contribution in [0.1, 0.15) is 24.8 Å². The number of carbonyl (C=O) groups excluding carboxylic acids is 1. The summed E-state index contributed by atoms with van der Waals surface area (Å²) in [5, 5.41) is 9.38. The Balaban J connectivity index is 1.74. The number of benzene rings is 1. The van der Waals surface area contributed by atoms with Gasteiger partial charge in [0.15, 0.2) is 5.44 Å². The predicted octanol–water partition coefficient (Wildman–Crippen LogP) is 1.63. The standard InChI is InChI=1S/C15H21NO6S/c17-14(23(19,20)21)10-12-6-8-16(9-7-12)15(18)22-11-13-4-2-1-3-5-13/h1-5,12,14,17H,6-11H2,(H,19,20,21). The summed E-state index contributed by atoms with van der Waals surface area (Å²) in [6.45, 7) is 1.09. The quantitative estimate of drug-likeness (QED) is 0.788. The minimum atomic E-state index is -4.42. The van der Waals surface area contributed by atoms with Crippen LogP contribution in [0.15, 0.2) is 30.3 Å². The highest BCUT2D eigenvalue weighted by Gasteiger charge is 2.29. The van der Waals surface area contributed by atoms with Gasteiger partial charge in [0.1, 0.15) is 6.61 Å². The number of piperidine rings is 1. The van der Waals surface area contributed by atoms with Crippen LogP contribution in [0.3, 0.4) is 0 Å². The monoisotopic (exact) mass is 343 g/mol. The number of hydrogen-bond donors (Lipinski definition) is 2. The molecule has 1 aromatic rings. The molecule has 0 radical (unpaired) electrons. The SMILES string of the molecule is O=C(OCc1ccccc1)N1CCC(CC(O)S(=O)(=O)O)CC1. The first kappa shape index (κ1) is 17.7. The zero-order chi connectivity index (χ0) is 16.9. The van der Waals surface area contributed by atoms with Crippen LogP contribution in [0.5, 0.6) is 0 Å². The molecule has 128 valence electrons. The van der Waals surface area contributed by atoms with E-state index in [1.165, 1.54) is 0 Å². The third-order valence-electron chi connectivity index (χ3n) is 3.96. The van der Waals surface area contributed by atoms with E-state index in [4.69, 9.17) is 9.29 Å². The lowest BCUT2D eigenvalue weighted by Gasteiger charge is -2.31. The molecular weight excluding hydrogens is 322 g/mol. The minimum Gasteiger partial charge on any atom is -0.445 e. The van der Waals surface area contributed by atoms with Crippen molar-refractivity contribution in [2.45, 2.75) is 31.3 Å². The maximum Gasteiger partial charge on any atom is 0.410 e. The van der Waals surface area contributed by atoms with Crippen LogP contribution in [-0.2, 0) is 21.5 Å². The molecule has 23 heavy (non-hydrogen) atoms. The third-order valence-corrected chi connectivity index (χ3v) is 4.84. The van der Waals surface area contributed by atoms with Gasteiger partial charge in [-0.1, -0.05) is 30.3 Å². The first-order chi connectivity index (χ1) is 10.9. The molecule has 1 aliphatic heterocycles. The summed E-state index contributed by atoms with van der Waals surface area (Å²) in [6.07, 6.45) is 0.703. The molecule has 0 saturated carbocycles. The lowest BCUT2D eigenvalue weighted by molar-refractivity contribution is 0.0775. The van der Waals surface area contributed by atoms with Crippen LogP contribution < -0.4 is 0 Å². The van der Waals surface area contributed by atoms with Gasteiger partial charge in [-0.15, -0.1) is 0 Å². The van der Waals surface area contributed by atoms with Crippen molar-refractivity contribution < 1.29 is 27.6 Å². The lowest BCUT2D eigenvalue weighted by atomic mass is 9.94. The first-order valence-electron chi connectivity index (χ1n) is 7.46. The van der Waals surface area contributed by atoms with E-state index in [9.17, 15) is 18.3 Å². The number of aliphatic hydroxyl groups excluding tert-OH is 1. The van der Waals surface area contributed by atoms with E-state index < -0.39 is 21.6 Å². The zero-order valence-corrected chi connectivity index (χ0v) is 13.5. The Kier molecular flexibility index (Phi) is 5.97. The van der Waals surface area contributed by atoms with Gasteiger partial charge in [-0.05, 0) is 30.7 Å². The summed E-state index contributed by atoms with van der Waals surface area (Å²) < 4.78 is 35.6. The fourth-order valence-electron chi connectivity index (χ4n) is 2.57. The average Bonchev–Trinajstić information content (AvgIpc) is 2.53. The molecule has 0 bridgehead atoms. The maximum atomic E-state index is 12.0. The average molecular weight is 343 g/mol. The summed E-state index contributed by atoms with van der Waals surface area (Å²) in [5.41, 5.74) is -0.851. The van der Waals surface area contributed by atoms with E-state index in [2.05, 4.69) is 0 Å². The van der Waals surface area contributed by atoms with Gasteiger partial charge in [-0.3, -0.25) is 4.55 Å². The van der Waals surface area contributed by atoms with Crippen molar-refractivity contribution in [1.82, 2.24) is 4.90 Å². The van der Waals surface area contributed by atoms with Crippen LogP contribution in [0, 0.1) is 5.92 Å². The molecular formula is C15H21NO6S. The second-order valence-electron chi connectivity index (χ2n) is 5.68. The molecule has 1 atom stereocenters. The minimum absolute atomic E-state index is 0.0221. The van der Waals surface area contributed by atoms with Crippen molar-refractivity contribution >= 4 is 16.2 Å². The van der Waals surface area contributed by atoms with Gasteiger partial charge in [-0.2, -0.15) is 8.42 Å². The Morgan fingerprint density at radius 3 is 2.43 bits per heavy atom. The van der Waals surface area contributed by atoms with Gasteiger partial charge in [0, 0.05) is 13.1 Å². The second kappa shape index (κ2) is 7.76. The number of rotatable bonds is 5. The van der Waals surface area contributed by atoms with E-state index in [0.29, 0.717) is 25.9 Å². The highest BCUT2D eigenvalue weighted by molar-refractivity contribution is 7.86. The van der Waals surface area contributed by atoms with Gasteiger partial charge in [0.2, 0.25) is 0 Å². The highest BCUT2D eigenvalue weighted by Crippen LogP contribution is 2.23. The Morgan fingerprint density at radius 1 is 1.26 bits per heavy atom. The van der Waals surface area contributed by atoms with Crippen LogP contribution in [-0.4, -0.2) is 47.6 Å². The molecule has 1 aliphatic rings. The van der Waals surface area contributed by atoms with E-state index >= 15 is 0 Å². The van der Waals surface area contributed by atoms with Crippen LogP contribution >= 0.6 is 0 Å². The first-order valence-corrected chi connectivity index (χ1v) is 8.96. The molecule has 2 rings (SSSR count). The molecule has 1 heterocycles. The van der Waals surface area contributed by atoms with E-state index in [1.54, 1.807) is 4.90 Å². The fraction of sp³-hybridized carbons (Fsp3) is 0.533. The molecule has 1 unspecified atom stereocenters. The zero-order valence-electron chi connectivity index (χ0n) is 12.7. The largest absolute Gasteiger partial charge is 0.445 e. The molecule has 1 fully saturated rings. The number of aliphatic hydroxyl groups is 1. The van der Waals surface area contributed by atoms with Gasteiger partial charge < -0.3 is 14.7 Å². The molecule has 2 N–H and O–H groups in total. The Bertz CT molecular complexity index is 610. The molecule has 1 aromatic carbocycles. The number of nitrogens with zero attached hydrogens (tertiary/aromatic N) is 1. The summed E-state index contributed by atoms with van der Waals surface area (Å²) in [7, 11) is -4.42. The van der Waals surface area contributed by atoms with Gasteiger partial charge in [0.25, 0.3) is 10.1 Å². The normalized spacial score (nSPS) is 17.7. The van der Waals surface area contributed by atoms with E-state index in [1.807, 2.05) is 30.3 Å². The van der Waals surface area contributed by atoms with Crippen LogP contribution in [0.2, 0.25) is 0 Å². The van der Waals surface area contributed by atoms with Gasteiger partial charge >= 0.3 is 6.09 Å². The van der Waals surface area contributed by atoms with Crippen molar-refractivity contribution in [3.8, 4) is 0 Å². The van der Waals surface area contributed by atoms with Gasteiger partial charge in [-0.25, -0.2) is 4.79 Å². The fourth-order valence-corrected chi connectivity index (χ4v) is 3.08. The van der Waals surface area contributed by atoms with Crippen molar-refractivity contribution in [2.24, 2.45) is 5.92 Å². The number of ether oxygens (including phenoxy) is 1. The third kappa shape index (κ3) is 5.49. The van der Waals surface area contributed by atoms with Crippen LogP contribution in [0.25, 0.3) is 0 Å². The Morgan fingerprint density at radius 2 is 1.87 bits per heavy atom. The lowest BCUT2D eigenvalue weighted by Crippen LogP contribution is -2.39. The van der Waals surface area contributed by atoms with Crippen LogP contribution in [0.4, 0.5) is 4.79 Å². The maximum absolute atomic E-state index is 12.0. The number of amides is 1. The van der Waals surface area contributed by atoms with Crippen molar-refractivity contribution in [3.05, 3.63) is 35.9 Å². The van der Waals surface area contributed by atoms with Gasteiger partial charge in [0.05, 0.1) is 0 Å². The van der Waals surface area contributed by atoms with Crippen molar-refractivity contribution in [3.63, 3.8) is 0 Å². The number of carbonyl (C=O) groups is 1. The van der Waals surface area contributed by atoms with Crippen molar-refractivity contribution in [1.29, 1.82) is 0 Å². The summed E-state index contributed by atoms with van der Waals surface area (Å²) in [4.78, 5) is 13.5. The van der Waals surface area contributed by atoms with Crippen molar-refractivity contribution in [2.75, 3.05) is 13.1 Å². The molecule has 7 nitrogen and oxygen atoms in total. The Hall–Kier alpha value is -1.64. The summed E-state index contributed by atoms with van der Waals surface area (Å²) in [5.74, 6) is -0.0508. The molecule has 0 spiro atoms. The number of hydrogen-bond acceptors (Lipinski definition) is 5. The molecule has 8 heteroatoms. The topological polar surface area (TPSA) is 104 Å². The molecule has 0 aliphatic carbocycles. The smallest absolute Gasteiger partial charge is 0.410 e. The Labute approximate surface area is 135 Å². The summed E-state index contributed by atoms with van der Waals surface area (Å²) >= 11 is 0. The second-order valence-corrected chi connectivity index (χ2v) is 7.25. The summed E-state index contributed by atoms with van der Waals surface area (Å²) in [6, 6.07) is 9.37. The molecule has 1 saturated heterocycles. The predicted molar refractivity (Wildman–Crippen MR) is 83.1 cm³/mol. The highest BCUT2D eigenvalue weighted by atomic mass is 32.2. The number of likely N-dealkylation sites (tertiary alicyclic amines) is 1. The van der Waals surface area contributed by atoms with E-state index in [0.717, 1.165) is 5.56 Å². The molecule has 0 aromatic heterocycles. The van der Waals surface area contributed by atoms with E-state index in [-0.39, 0.29) is 18.9 Å². The molecule has 1 amide bonds.